The molecule has 3 aliphatic carbocycles. The second-order valence-corrected chi connectivity index (χ2v) is 9.54. The predicted octanol–water partition coefficient (Wildman–Crippen LogP) is 4.58. The largest absolute Gasteiger partial charge is 0.469 e. The monoisotopic (exact) mass is 348 g/mol. The van der Waals surface area contributed by atoms with Crippen LogP contribution in [0.25, 0.3) is 0 Å². The van der Waals surface area contributed by atoms with Crippen molar-refractivity contribution in [3.63, 3.8) is 0 Å². The van der Waals surface area contributed by atoms with E-state index in [1.165, 1.54) is 12.7 Å². The van der Waals surface area contributed by atoms with Gasteiger partial charge < -0.3 is 4.74 Å². The molecule has 1 spiro atoms. The van der Waals surface area contributed by atoms with Crippen molar-refractivity contribution in [2.24, 2.45) is 22.7 Å². The lowest BCUT2D eigenvalue weighted by Gasteiger charge is -2.66. The van der Waals surface area contributed by atoms with Gasteiger partial charge in [0.05, 0.1) is 12.5 Å². The lowest BCUT2D eigenvalue weighted by atomic mass is 9.43. The lowest BCUT2D eigenvalue weighted by molar-refractivity contribution is -0.465. The van der Waals surface area contributed by atoms with Crippen LogP contribution in [0.1, 0.15) is 72.6 Å². The van der Waals surface area contributed by atoms with Crippen LogP contribution in [0.3, 0.4) is 0 Å². The predicted molar refractivity (Wildman–Crippen MR) is 94.6 cm³/mol. The number of fused-ring (bicyclic) bond motifs is 3. The number of rotatable bonds is 2. The minimum Gasteiger partial charge on any atom is -0.469 e. The van der Waals surface area contributed by atoms with Crippen LogP contribution in [0.4, 0.5) is 0 Å². The standard InChI is InChI=1S/C21H32O4/c1-14(2)20-11-12-21(25-24-20)15(13-20)7-8-16-18(3,17(22)23-5)9-6-10-19(16,21)4/h13-14,16H,6-12H2,1-5H3/t16?,18-,19+,20+,21-/m1/s1. The summed E-state index contributed by atoms with van der Waals surface area (Å²) in [6, 6.07) is 0. The summed E-state index contributed by atoms with van der Waals surface area (Å²) in [5.41, 5.74) is 0.298. The molecule has 3 fully saturated rings. The molecule has 2 heterocycles. The Balaban J connectivity index is 1.79. The molecule has 5 atom stereocenters. The second kappa shape index (κ2) is 5.32. The fraction of sp³-hybridized carbons (Fsp3) is 0.857. The Morgan fingerprint density at radius 2 is 1.96 bits per heavy atom. The van der Waals surface area contributed by atoms with Gasteiger partial charge >= 0.3 is 5.97 Å². The summed E-state index contributed by atoms with van der Waals surface area (Å²) >= 11 is 0. The van der Waals surface area contributed by atoms with Gasteiger partial charge in [-0.05, 0) is 68.9 Å². The Labute approximate surface area is 151 Å². The van der Waals surface area contributed by atoms with E-state index >= 15 is 0 Å². The van der Waals surface area contributed by atoms with Crippen molar-refractivity contribution < 1.29 is 19.3 Å². The van der Waals surface area contributed by atoms with Crippen LogP contribution in [0.2, 0.25) is 0 Å². The minimum atomic E-state index is -0.421. The molecule has 0 N–H and O–H groups in total. The number of carbonyl (C=O) groups is 1. The van der Waals surface area contributed by atoms with Crippen molar-refractivity contribution >= 4 is 5.97 Å². The van der Waals surface area contributed by atoms with E-state index in [9.17, 15) is 4.79 Å². The van der Waals surface area contributed by atoms with Crippen LogP contribution in [0.15, 0.2) is 11.6 Å². The summed E-state index contributed by atoms with van der Waals surface area (Å²) in [7, 11) is 1.52. The SMILES string of the molecule is COC(=O)[C@]1(C)CCC[C@@]2(C)C1CCC1=C[C@]3(C(C)C)CC[C@@]12OO3. The Morgan fingerprint density at radius 1 is 1.20 bits per heavy atom. The molecule has 25 heavy (non-hydrogen) atoms. The molecule has 0 aromatic carbocycles. The van der Waals surface area contributed by atoms with Gasteiger partial charge in [-0.3, -0.25) is 4.79 Å². The van der Waals surface area contributed by atoms with Crippen LogP contribution in [-0.4, -0.2) is 24.3 Å². The first kappa shape index (κ1) is 17.5. The van der Waals surface area contributed by atoms with Crippen LogP contribution in [-0.2, 0) is 19.3 Å². The van der Waals surface area contributed by atoms with E-state index < -0.39 is 5.41 Å². The highest BCUT2D eigenvalue weighted by Gasteiger charge is 2.69. The molecule has 5 rings (SSSR count). The van der Waals surface area contributed by atoms with Crippen LogP contribution in [0, 0.1) is 22.7 Å². The van der Waals surface area contributed by atoms with Crippen molar-refractivity contribution in [1.29, 1.82) is 0 Å². The highest BCUT2D eigenvalue weighted by atomic mass is 17.2. The topological polar surface area (TPSA) is 44.8 Å². The van der Waals surface area contributed by atoms with E-state index in [4.69, 9.17) is 14.5 Å². The molecule has 2 saturated carbocycles. The average Bonchev–Trinajstić information content (AvgIpc) is 2.61. The van der Waals surface area contributed by atoms with Crippen molar-refractivity contribution in [3.8, 4) is 0 Å². The molecule has 0 amide bonds. The molecule has 5 aliphatic rings. The maximum absolute atomic E-state index is 12.7. The summed E-state index contributed by atoms with van der Waals surface area (Å²) in [4.78, 5) is 25.0. The first-order valence-electron chi connectivity index (χ1n) is 9.92. The van der Waals surface area contributed by atoms with E-state index in [2.05, 4.69) is 33.8 Å². The van der Waals surface area contributed by atoms with E-state index in [1.54, 1.807) is 0 Å². The van der Waals surface area contributed by atoms with Gasteiger partial charge in [-0.25, -0.2) is 9.78 Å². The zero-order valence-electron chi connectivity index (χ0n) is 16.3. The van der Waals surface area contributed by atoms with E-state index in [1.807, 2.05) is 0 Å². The minimum absolute atomic E-state index is 0.0590. The molecule has 4 heteroatoms. The summed E-state index contributed by atoms with van der Waals surface area (Å²) in [5, 5.41) is 0. The van der Waals surface area contributed by atoms with Gasteiger partial charge in [-0.15, -0.1) is 0 Å². The smallest absolute Gasteiger partial charge is 0.311 e. The van der Waals surface area contributed by atoms with Gasteiger partial charge in [0.1, 0.15) is 11.2 Å². The summed E-state index contributed by atoms with van der Waals surface area (Å²) in [6.45, 7) is 8.86. The van der Waals surface area contributed by atoms with Gasteiger partial charge in [0.15, 0.2) is 0 Å². The third kappa shape index (κ3) is 1.98. The van der Waals surface area contributed by atoms with Gasteiger partial charge in [0.2, 0.25) is 0 Å². The van der Waals surface area contributed by atoms with Gasteiger partial charge in [0.25, 0.3) is 0 Å². The first-order valence-corrected chi connectivity index (χ1v) is 9.92. The molecule has 0 aromatic rings. The number of methoxy groups -OCH3 is 1. The first-order chi connectivity index (χ1) is 11.7. The highest BCUT2D eigenvalue weighted by Crippen LogP contribution is 2.68. The van der Waals surface area contributed by atoms with Crippen molar-refractivity contribution in [3.05, 3.63) is 11.6 Å². The van der Waals surface area contributed by atoms with E-state index in [0.29, 0.717) is 5.92 Å². The Morgan fingerprint density at radius 3 is 2.56 bits per heavy atom. The lowest BCUT2D eigenvalue weighted by Crippen LogP contribution is -2.68. The molecular formula is C21H32O4. The summed E-state index contributed by atoms with van der Waals surface area (Å²) in [5.74, 6) is 0.610. The molecule has 1 saturated heterocycles. The summed E-state index contributed by atoms with van der Waals surface area (Å²) < 4.78 is 5.22. The van der Waals surface area contributed by atoms with E-state index in [-0.39, 0.29) is 28.5 Å². The van der Waals surface area contributed by atoms with Crippen LogP contribution in [0.5, 0.6) is 0 Å². The summed E-state index contributed by atoms with van der Waals surface area (Å²) in [6.07, 6.45) is 9.46. The quantitative estimate of drug-likeness (QED) is 0.416. The maximum atomic E-state index is 12.7. The molecule has 0 radical (unpaired) electrons. The molecule has 140 valence electrons. The fourth-order valence-electron chi connectivity index (χ4n) is 6.67. The fourth-order valence-corrected chi connectivity index (χ4v) is 6.67. The number of carbonyl (C=O) groups excluding carboxylic acids is 1. The Hall–Kier alpha value is -0.870. The zero-order chi connectivity index (χ0) is 18.1. The van der Waals surface area contributed by atoms with Gasteiger partial charge in [-0.2, -0.15) is 0 Å². The number of esters is 1. The van der Waals surface area contributed by atoms with Gasteiger partial charge in [0, 0.05) is 5.41 Å². The molecule has 2 bridgehead atoms. The maximum Gasteiger partial charge on any atom is 0.311 e. The Bertz CT molecular complexity index is 613. The van der Waals surface area contributed by atoms with Crippen molar-refractivity contribution in [2.45, 2.75) is 83.8 Å². The third-order valence-electron chi connectivity index (χ3n) is 8.33. The van der Waals surface area contributed by atoms with Crippen LogP contribution < -0.4 is 0 Å². The second-order valence-electron chi connectivity index (χ2n) is 9.54. The van der Waals surface area contributed by atoms with Gasteiger partial charge in [-0.1, -0.05) is 27.2 Å². The van der Waals surface area contributed by atoms with E-state index in [0.717, 1.165) is 44.9 Å². The zero-order valence-corrected chi connectivity index (χ0v) is 16.3. The molecule has 1 unspecified atom stereocenters. The van der Waals surface area contributed by atoms with Crippen LogP contribution >= 0.6 is 0 Å². The highest BCUT2D eigenvalue weighted by molar-refractivity contribution is 5.77. The molecular weight excluding hydrogens is 316 g/mol. The molecule has 0 aromatic heterocycles. The molecule has 4 nitrogen and oxygen atoms in total. The third-order valence-corrected chi connectivity index (χ3v) is 8.33. The van der Waals surface area contributed by atoms with Crippen molar-refractivity contribution in [2.75, 3.05) is 7.11 Å². The van der Waals surface area contributed by atoms with Crippen molar-refractivity contribution in [1.82, 2.24) is 0 Å². The molecule has 2 aliphatic heterocycles. The Kier molecular flexibility index (Phi) is 3.73. The average molecular weight is 348 g/mol. The number of ether oxygens (including phenoxy) is 1. The number of hydrogen-bond donors (Lipinski definition) is 0. The number of hydrogen-bond acceptors (Lipinski definition) is 4. The normalized spacial score (nSPS) is 48.6.